The number of hydrogen-bond acceptors (Lipinski definition) is 6. The highest BCUT2D eigenvalue weighted by atomic mass is 32.2. The van der Waals surface area contributed by atoms with Gasteiger partial charge in [0.2, 0.25) is 0 Å². The molecule has 0 radical (unpaired) electrons. The van der Waals surface area contributed by atoms with Crippen LogP contribution < -0.4 is 9.47 Å². The second kappa shape index (κ2) is 11.2. The zero-order chi connectivity index (χ0) is 23.0. The Balaban J connectivity index is 1.29. The summed E-state index contributed by atoms with van der Waals surface area (Å²) in [6.45, 7) is 3.84. The van der Waals surface area contributed by atoms with Crippen molar-refractivity contribution >= 4 is 17.7 Å². The molecule has 1 aliphatic heterocycles. The largest absolute Gasteiger partial charge is 0.497 e. The van der Waals surface area contributed by atoms with Crippen molar-refractivity contribution < 1.29 is 14.3 Å². The highest BCUT2D eigenvalue weighted by molar-refractivity contribution is 7.98. The first-order valence-corrected chi connectivity index (χ1v) is 12.0. The van der Waals surface area contributed by atoms with Gasteiger partial charge in [-0.05, 0) is 54.1 Å². The second-order valence-corrected chi connectivity index (χ2v) is 8.97. The highest BCUT2D eigenvalue weighted by Crippen LogP contribution is 2.26. The quantitative estimate of drug-likeness (QED) is 0.463. The van der Waals surface area contributed by atoms with Crippen molar-refractivity contribution in [3.63, 3.8) is 0 Å². The van der Waals surface area contributed by atoms with Crippen molar-refractivity contribution in [2.24, 2.45) is 0 Å². The fourth-order valence-electron chi connectivity index (χ4n) is 3.88. The molecular weight excluding hydrogens is 434 g/mol. The van der Waals surface area contributed by atoms with Crippen molar-refractivity contribution in [1.82, 2.24) is 14.8 Å². The molecule has 0 spiro atoms. The molecule has 1 fully saturated rings. The molecule has 0 saturated carbocycles. The zero-order valence-electron chi connectivity index (χ0n) is 19.1. The maximum absolute atomic E-state index is 13.0. The van der Waals surface area contributed by atoms with Gasteiger partial charge in [0.05, 0.1) is 14.2 Å². The molecule has 0 N–H and O–H groups in total. The molecule has 0 bridgehead atoms. The van der Waals surface area contributed by atoms with E-state index in [2.05, 4.69) is 16.0 Å². The van der Waals surface area contributed by atoms with E-state index in [9.17, 15) is 4.79 Å². The van der Waals surface area contributed by atoms with Gasteiger partial charge >= 0.3 is 0 Å². The Morgan fingerprint density at radius 2 is 1.79 bits per heavy atom. The molecule has 2 aromatic carbocycles. The summed E-state index contributed by atoms with van der Waals surface area (Å²) in [7, 11) is 3.35. The average molecular weight is 464 g/mol. The lowest BCUT2D eigenvalue weighted by molar-refractivity contribution is 0.0627. The number of ether oxygens (including phenoxy) is 2. The minimum absolute atomic E-state index is 0.0948. The predicted molar refractivity (Wildman–Crippen MR) is 131 cm³/mol. The summed E-state index contributed by atoms with van der Waals surface area (Å²) in [6, 6.07) is 17.8. The van der Waals surface area contributed by atoms with Crippen LogP contribution in [0.3, 0.4) is 0 Å². The molecule has 0 unspecified atom stereocenters. The van der Waals surface area contributed by atoms with Gasteiger partial charge in [-0.15, -0.1) is 11.8 Å². The van der Waals surface area contributed by atoms with E-state index < -0.39 is 0 Å². The third-order valence-corrected chi connectivity index (χ3v) is 6.85. The zero-order valence-corrected chi connectivity index (χ0v) is 19.9. The van der Waals surface area contributed by atoms with E-state index in [1.165, 1.54) is 5.56 Å². The monoisotopic (exact) mass is 463 g/mol. The van der Waals surface area contributed by atoms with Gasteiger partial charge in [-0.1, -0.05) is 6.07 Å². The van der Waals surface area contributed by atoms with Crippen molar-refractivity contribution in [2.45, 2.75) is 17.2 Å². The number of carbonyl (C=O) groups excluding carboxylic acids is 1. The molecule has 1 aliphatic rings. The van der Waals surface area contributed by atoms with Gasteiger partial charge in [0.1, 0.15) is 11.5 Å². The molecule has 2 heterocycles. The average Bonchev–Trinajstić information content (AvgIpc) is 2.88. The van der Waals surface area contributed by atoms with Gasteiger partial charge in [0.15, 0.2) is 0 Å². The van der Waals surface area contributed by atoms with Crippen LogP contribution in [0.4, 0.5) is 0 Å². The lowest BCUT2D eigenvalue weighted by Gasteiger charge is -2.35. The van der Waals surface area contributed by atoms with Gasteiger partial charge in [-0.2, -0.15) is 0 Å². The Morgan fingerprint density at radius 1 is 1.00 bits per heavy atom. The molecule has 6 nitrogen and oxygen atoms in total. The molecule has 172 valence electrons. The molecule has 3 aromatic rings. The van der Waals surface area contributed by atoms with E-state index in [-0.39, 0.29) is 5.91 Å². The van der Waals surface area contributed by atoms with Crippen LogP contribution in [0.25, 0.3) is 0 Å². The Bertz CT molecular complexity index is 1050. The van der Waals surface area contributed by atoms with Gasteiger partial charge in [-0.25, -0.2) is 0 Å². The Kier molecular flexibility index (Phi) is 7.86. The van der Waals surface area contributed by atoms with E-state index >= 15 is 0 Å². The molecule has 33 heavy (non-hydrogen) atoms. The van der Waals surface area contributed by atoms with E-state index in [4.69, 9.17) is 9.47 Å². The fourth-order valence-corrected chi connectivity index (χ4v) is 4.71. The number of amides is 1. The number of benzene rings is 2. The van der Waals surface area contributed by atoms with Crippen LogP contribution in [0.5, 0.6) is 11.5 Å². The maximum atomic E-state index is 13.0. The first kappa shape index (κ1) is 23.1. The molecule has 7 heteroatoms. The Labute approximate surface area is 199 Å². The Hall–Kier alpha value is -3.03. The lowest BCUT2D eigenvalue weighted by Crippen LogP contribution is -2.48. The first-order chi connectivity index (χ1) is 16.2. The van der Waals surface area contributed by atoms with Crippen LogP contribution >= 0.6 is 11.8 Å². The van der Waals surface area contributed by atoms with E-state index in [0.717, 1.165) is 52.9 Å². The van der Waals surface area contributed by atoms with Crippen molar-refractivity contribution in [3.05, 3.63) is 83.7 Å². The number of carbonyl (C=O) groups is 1. The van der Waals surface area contributed by atoms with Crippen LogP contribution in [0.15, 0.2) is 71.9 Å². The summed E-state index contributed by atoms with van der Waals surface area (Å²) >= 11 is 1.75. The van der Waals surface area contributed by atoms with Crippen LogP contribution in [0.1, 0.15) is 21.5 Å². The predicted octanol–water partition coefficient (Wildman–Crippen LogP) is 4.35. The third kappa shape index (κ3) is 6.06. The lowest BCUT2D eigenvalue weighted by atomic mass is 10.1. The molecule has 1 aromatic heterocycles. The highest BCUT2D eigenvalue weighted by Gasteiger charge is 2.23. The van der Waals surface area contributed by atoms with Crippen LogP contribution in [-0.2, 0) is 12.3 Å². The van der Waals surface area contributed by atoms with Gasteiger partial charge in [0, 0.05) is 66.9 Å². The summed E-state index contributed by atoms with van der Waals surface area (Å²) in [5.41, 5.74) is 3.02. The molecular formula is C26H29N3O3S. The van der Waals surface area contributed by atoms with Crippen LogP contribution in [0.2, 0.25) is 0 Å². The van der Waals surface area contributed by atoms with E-state index in [1.807, 2.05) is 59.6 Å². The number of thioether (sulfide) groups is 1. The smallest absolute Gasteiger partial charge is 0.253 e. The molecule has 1 amide bonds. The van der Waals surface area contributed by atoms with E-state index in [0.29, 0.717) is 13.1 Å². The summed E-state index contributed by atoms with van der Waals surface area (Å²) < 4.78 is 10.9. The van der Waals surface area contributed by atoms with Gasteiger partial charge in [-0.3, -0.25) is 14.7 Å². The summed E-state index contributed by atoms with van der Waals surface area (Å²) in [4.78, 5) is 22.6. The molecule has 4 rings (SSSR count). The number of nitrogens with zero attached hydrogens (tertiary/aromatic N) is 3. The summed E-state index contributed by atoms with van der Waals surface area (Å²) in [5, 5.41) is 0. The number of methoxy groups -OCH3 is 2. The van der Waals surface area contributed by atoms with Crippen LogP contribution in [-0.4, -0.2) is 61.1 Å². The molecule has 0 atom stereocenters. The number of pyridine rings is 1. The van der Waals surface area contributed by atoms with E-state index in [1.54, 1.807) is 32.2 Å². The molecule has 0 aliphatic carbocycles. The number of piperazine rings is 1. The minimum Gasteiger partial charge on any atom is -0.497 e. The summed E-state index contributed by atoms with van der Waals surface area (Å²) in [6.07, 6.45) is 3.67. The standard InChI is InChI=1S/C26H29N3O3S/c1-31-23-7-10-25(32-2)22(16-23)18-28-12-14-29(15-13-28)26(30)21-5-8-24(9-6-21)33-19-20-4-3-11-27-17-20/h3-11,16-17H,12-15,18-19H2,1-2H3. The van der Waals surface area contributed by atoms with Crippen molar-refractivity contribution in [3.8, 4) is 11.5 Å². The SMILES string of the molecule is COc1ccc(OC)c(CN2CCN(C(=O)c3ccc(SCc4cccnc4)cc3)CC2)c1. The fraction of sp³-hybridized carbons (Fsp3) is 0.308. The summed E-state index contributed by atoms with van der Waals surface area (Å²) in [5.74, 6) is 2.64. The number of hydrogen-bond donors (Lipinski definition) is 0. The van der Waals surface area contributed by atoms with Crippen molar-refractivity contribution in [2.75, 3.05) is 40.4 Å². The molecule has 1 saturated heterocycles. The van der Waals surface area contributed by atoms with Gasteiger partial charge in [0.25, 0.3) is 5.91 Å². The second-order valence-electron chi connectivity index (χ2n) is 7.92. The van der Waals surface area contributed by atoms with Gasteiger partial charge < -0.3 is 14.4 Å². The normalized spacial score (nSPS) is 14.2. The number of rotatable bonds is 8. The minimum atomic E-state index is 0.0948. The van der Waals surface area contributed by atoms with Crippen molar-refractivity contribution in [1.29, 1.82) is 0 Å². The Morgan fingerprint density at radius 3 is 2.45 bits per heavy atom. The van der Waals surface area contributed by atoms with Crippen LogP contribution in [0, 0.1) is 0 Å². The first-order valence-electron chi connectivity index (χ1n) is 11.0. The maximum Gasteiger partial charge on any atom is 0.253 e. The third-order valence-electron chi connectivity index (χ3n) is 5.77. The topological polar surface area (TPSA) is 54.9 Å². The number of aromatic nitrogens is 1.